The number of nitrogens with two attached hydrogens (primary N) is 2. The second-order valence-corrected chi connectivity index (χ2v) is 1.34. The highest BCUT2D eigenvalue weighted by Gasteiger charge is 2.03. The molecule has 4 nitrogen and oxygen atoms in total. The molecular formula is C4H10N2O2. The molecule has 4 heteroatoms. The van der Waals surface area contributed by atoms with Gasteiger partial charge in [0.2, 0.25) is 0 Å². The van der Waals surface area contributed by atoms with E-state index in [-0.39, 0.29) is 12.3 Å². The second kappa shape index (κ2) is 3.29. The van der Waals surface area contributed by atoms with Crippen LogP contribution in [0, 0.1) is 0 Å². The summed E-state index contributed by atoms with van der Waals surface area (Å²) in [6.45, 7) is -0.0144. The molecule has 0 rings (SSSR count). The van der Waals surface area contributed by atoms with Gasteiger partial charge in [-0.25, -0.2) is 0 Å². The number of rotatable bonds is 2. The standard InChI is InChI=1S/C4H10N2O2/c5-1-3(7)4(8)2-6/h1,4,7-8H,2,5-6H2. The molecular weight excluding hydrogens is 108 g/mol. The summed E-state index contributed by atoms with van der Waals surface area (Å²) in [6, 6.07) is 0. The van der Waals surface area contributed by atoms with Crippen LogP contribution >= 0.6 is 0 Å². The Morgan fingerprint density at radius 2 is 2.25 bits per heavy atom. The van der Waals surface area contributed by atoms with Gasteiger partial charge in [-0.15, -0.1) is 0 Å². The summed E-state index contributed by atoms with van der Waals surface area (Å²) in [7, 11) is 0. The summed E-state index contributed by atoms with van der Waals surface area (Å²) >= 11 is 0. The monoisotopic (exact) mass is 118 g/mol. The van der Waals surface area contributed by atoms with Gasteiger partial charge in [0.05, 0.1) is 0 Å². The van der Waals surface area contributed by atoms with Crippen molar-refractivity contribution in [3.05, 3.63) is 12.0 Å². The molecule has 0 aliphatic heterocycles. The van der Waals surface area contributed by atoms with E-state index >= 15 is 0 Å². The zero-order valence-electron chi connectivity index (χ0n) is 4.41. The van der Waals surface area contributed by atoms with E-state index in [9.17, 15) is 0 Å². The molecule has 0 saturated heterocycles. The van der Waals surface area contributed by atoms with Crippen molar-refractivity contribution in [3.63, 3.8) is 0 Å². The topological polar surface area (TPSA) is 92.5 Å². The van der Waals surface area contributed by atoms with Crippen LogP contribution in [0.5, 0.6) is 0 Å². The minimum absolute atomic E-state index is 0.0144. The molecule has 0 bridgehead atoms. The number of hydrogen-bond donors (Lipinski definition) is 4. The summed E-state index contributed by atoms with van der Waals surface area (Å²) in [5.41, 5.74) is 9.76. The third kappa shape index (κ3) is 1.81. The normalized spacial score (nSPS) is 16.0. The Morgan fingerprint density at radius 3 is 2.38 bits per heavy atom. The van der Waals surface area contributed by atoms with Crippen LogP contribution in [0.1, 0.15) is 0 Å². The maximum Gasteiger partial charge on any atom is 0.137 e. The molecule has 0 aromatic rings. The maximum absolute atomic E-state index is 8.60. The summed E-state index contributed by atoms with van der Waals surface area (Å²) in [6.07, 6.45) is -0.0997. The highest BCUT2D eigenvalue weighted by atomic mass is 16.3. The molecule has 0 aliphatic rings. The lowest BCUT2D eigenvalue weighted by Gasteiger charge is -2.03. The van der Waals surface area contributed by atoms with E-state index in [4.69, 9.17) is 21.7 Å². The summed E-state index contributed by atoms with van der Waals surface area (Å²) < 4.78 is 0. The Kier molecular flexibility index (Phi) is 2.98. The SMILES string of the molecule is NC=C(O)C(O)CN. The summed E-state index contributed by atoms with van der Waals surface area (Å²) in [5, 5.41) is 17.1. The molecule has 0 aromatic carbocycles. The highest BCUT2D eigenvalue weighted by molar-refractivity contribution is 4.94. The second-order valence-electron chi connectivity index (χ2n) is 1.34. The average molecular weight is 118 g/mol. The van der Waals surface area contributed by atoms with Gasteiger partial charge in [0.15, 0.2) is 0 Å². The first kappa shape index (κ1) is 7.26. The molecule has 48 valence electrons. The first-order valence-electron chi connectivity index (χ1n) is 2.21. The number of hydrogen-bond acceptors (Lipinski definition) is 4. The van der Waals surface area contributed by atoms with E-state index < -0.39 is 6.10 Å². The lowest BCUT2D eigenvalue weighted by atomic mass is 10.3. The van der Waals surface area contributed by atoms with Crippen LogP contribution in [0.2, 0.25) is 0 Å². The zero-order chi connectivity index (χ0) is 6.57. The van der Waals surface area contributed by atoms with Crippen molar-refractivity contribution in [1.82, 2.24) is 0 Å². The molecule has 0 amide bonds. The lowest BCUT2D eigenvalue weighted by molar-refractivity contribution is 0.159. The largest absolute Gasteiger partial charge is 0.508 e. The molecule has 0 heterocycles. The molecule has 1 unspecified atom stereocenters. The maximum atomic E-state index is 8.60. The van der Waals surface area contributed by atoms with E-state index in [1.165, 1.54) is 0 Å². The lowest BCUT2D eigenvalue weighted by Crippen LogP contribution is -2.22. The Bertz CT molecular complexity index is 92.0. The highest BCUT2D eigenvalue weighted by Crippen LogP contribution is 1.90. The van der Waals surface area contributed by atoms with Gasteiger partial charge in [0.25, 0.3) is 0 Å². The van der Waals surface area contributed by atoms with Crippen LogP contribution in [0.3, 0.4) is 0 Å². The molecule has 0 radical (unpaired) electrons. The van der Waals surface area contributed by atoms with Crippen LogP contribution in [-0.2, 0) is 0 Å². The fourth-order valence-electron chi connectivity index (χ4n) is 0.232. The predicted octanol–water partition coefficient (Wildman–Crippen LogP) is -1.34. The minimum Gasteiger partial charge on any atom is -0.508 e. The van der Waals surface area contributed by atoms with Crippen LogP contribution in [-0.4, -0.2) is 22.9 Å². The van der Waals surface area contributed by atoms with Crippen molar-refractivity contribution in [3.8, 4) is 0 Å². The molecule has 0 spiro atoms. The fourth-order valence-corrected chi connectivity index (χ4v) is 0.232. The van der Waals surface area contributed by atoms with Crippen molar-refractivity contribution in [2.45, 2.75) is 6.10 Å². The zero-order valence-corrected chi connectivity index (χ0v) is 4.41. The molecule has 8 heavy (non-hydrogen) atoms. The first-order chi connectivity index (χ1) is 3.72. The van der Waals surface area contributed by atoms with Gasteiger partial charge < -0.3 is 21.7 Å². The van der Waals surface area contributed by atoms with Gasteiger partial charge >= 0.3 is 0 Å². The van der Waals surface area contributed by atoms with Gasteiger partial charge in [-0.05, 0) is 0 Å². The van der Waals surface area contributed by atoms with Crippen LogP contribution in [0.4, 0.5) is 0 Å². The van der Waals surface area contributed by atoms with Crippen molar-refractivity contribution in [2.24, 2.45) is 11.5 Å². The Balaban J connectivity index is 3.63. The van der Waals surface area contributed by atoms with Gasteiger partial charge in [-0.1, -0.05) is 0 Å². The van der Waals surface area contributed by atoms with E-state index in [1.807, 2.05) is 0 Å². The average Bonchev–Trinajstić information content (AvgIpc) is 1.84. The number of aliphatic hydroxyl groups is 2. The molecule has 0 aromatic heterocycles. The van der Waals surface area contributed by atoms with Gasteiger partial charge in [-0.2, -0.15) is 0 Å². The minimum atomic E-state index is -1.01. The summed E-state index contributed by atoms with van der Waals surface area (Å²) in [4.78, 5) is 0. The van der Waals surface area contributed by atoms with Crippen molar-refractivity contribution < 1.29 is 10.2 Å². The molecule has 0 aliphatic carbocycles. The van der Waals surface area contributed by atoms with Crippen molar-refractivity contribution >= 4 is 0 Å². The third-order valence-corrected chi connectivity index (χ3v) is 0.735. The van der Waals surface area contributed by atoms with E-state index in [0.717, 1.165) is 6.20 Å². The molecule has 6 N–H and O–H groups in total. The van der Waals surface area contributed by atoms with Crippen molar-refractivity contribution in [2.75, 3.05) is 6.54 Å². The van der Waals surface area contributed by atoms with Gasteiger partial charge in [-0.3, -0.25) is 0 Å². The Labute approximate surface area is 47.4 Å². The van der Waals surface area contributed by atoms with E-state index in [0.29, 0.717) is 0 Å². The quantitative estimate of drug-likeness (QED) is 0.338. The first-order valence-corrected chi connectivity index (χ1v) is 2.21. The molecule has 0 saturated carbocycles. The summed E-state index contributed by atoms with van der Waals surface area (Å²) in [5.74, 6) is -0.285. The Morgan fingerprint density at radius 1 is 1.75 bits per heavy atom. The molecule has 0 fully saturated rings. The van der Waals surface area contributed by atoms with E-state index in [2.05, 4.69) is 0 Å². The number of aliphatic hydroxyl groups excluding tert-OH is 2. The van der Waals surface area contributed by atoms with Crippen LogP contribution in [0.15, 0.2) is 12.0 Å². The predicted molar refractivity (Wildman–Crippen MR) is 30.0 cm³/mol. The Hall–Kier alpha value is -0.740. The van der Waals surface area contributed by atoms with Gasteiger partial charge in [0, 0.05) is 12.7 Å². The molecule has 1 atom stereocenters. The smallest absolute Gasteiger partial charge is 0.137 e. The fraction of sp³-hybridized carbons (Fsp3) is 0.500. The van der Waals surface area contributed by atoms with Crippen LogP contribution < -0.4 is 11.5 Å². The van der Waals surface area contributed by atoms with Crippen molar-refractivity contribution in [1.29, 1.82) is 0 Å². The van der Waals surface area contributed by atoms with E-state index in [1.54, 1.807) is 0 Å². The van der Waals surface area contributed by atoms with Gasteiger partial charge in [0.1, 0.15) is 11.9 Å². The third-order valence-electron chi connectivity index (χ3n) is 0.735. The van der Waals surface area contributed by atoms with Crippen LogP contribution in [0.25, 0.3) is 0 Å².